The average Bonchev–Trinajstić information content (AvgIpc) is 3.46. The smallest absolute Gasteiger partial charge is 0.306 e. The highest BCUT2D eigenvalue weighted by molar-refractivity contribution is 5.71. The molecule has 0 aromatic rings. The van der Waals surface area contributed by atoms with Crippen molar-refractivity contribution < 1.29 is 28.6 Å². The molecule has 80 heavy (non-hydrogen) atoms. The van der Waals surface area contributed by atoms with Crippen molar-refractivity contribution in [2.45, 2.75) is 367 Å². The number of esters is 3. The van der Waals surface area contributed by atoms with Gasteiger partial charge >= 0.3 is 17.9 Å². The summed E-state index contributed by atoms with van der Waals surface area (Å²) < 4.78 is 17.0. The van der Waals surface area contributed by atoms with Gasteiger partial charge < -0.3 is 14.2 Å². The van der Waals surface area contributed by atoms with Crippen molar-refractivity contribution in [3.8, 4) is 0 Å². The van der Waals surface area contributed by atoms with Crippen LogP contribution in [0.15, 0.2) is 72.9 Å². The van der Waals surface area contributed by atoms with Crippen molar-refractivity contribution >= 4 is 17.9 Å². The fourth-order valence-corrected chi connectivity index (χ4v) is 10.2. The molecule has 0 spiro atoms. The average molecular weight is 1120 g/mol. The molecule has 0 N–H and O–H groups in total. The molecule has 0 aliphatic heterocycles. The molecule has 6 heteroatoms. The van der Waals surface area contributed by atoms with Gasteiger partial charge in [-0.15, -0.1) is 0 Å². The lowest BCUT2D eigenvalue weighted by Gasteiger charge is -2.18. The topological polar surface area (TPSA) is 78.9 Å². The molecule has 0 bridgehead atoms. The molecule has 0 aliphatic carbocycles. The highest BCUT2D eigenvalue weighted by Gasteiger charge is 2.19. The second-order valence-electron chi connectivity index (χ2n) is 23.4. The predicted molar refractivity (Wildman–Crippen MR) is 348 cm³/mol. The number of hydrogen-bond donors (Lipinski definition) is 0. The van der Waals surface area contributed by atoms with E-state index < -0.39 is 6.10 Å². The number of allylic oxidation sites excluding steroid dienone is 12. The lowest BCUT2D eigenvalue weighted by Crippen LogP contribution is -2.30. The van der Waals surface area contributed by atoms with E-state index in [4.69, 9.17) is 14.2 Å². The van der Waals surface area contributed by atoms with E-state index in [9.17, 15) is 14.4 Å². The molecule has 1 atom stereocenters. The Morgan fingerprint density at radius 2 is 0.487 bits per heavy atom. The Hall–Kier alpha value is -3.15. The molecule has 0 fully saturated rings. The molecule has 0 radical (unpaired) electrons. The zero-order valence-electron chi connectivity index (χ0n) is 53.3. The highest BCUT2D eigenvalue weighted by atomic mass is 16.6. The molecule has 6 nitrogen and oxygen atoms in total. The first kappa shape index (κ1) is 76.9. The number of carbonyl (C=O) groups is 3. The van der Waals surface area contributed by atoms with Crippen molar-refractivity contribution in [3.05, 3.63) is 72.9 Å². The monoisotopic (exact) mass is 1120 g/mol. The maximum atomic E-state index is 12.9. The molecule has 0 aromatic carbocycles. The van der Waals surface area contributed by atoms with Gasteiger partial charge in [-0.2, -0.15) is 0 Å². The summed E-state index contributed by atoms with van der Waals surface area (Å²) in [6.45, 7) is 6.55. The van der Waals surface area contributed by atoms with Gasteiger partial charge in [-0.25, -0.2) is 0 Å². The molecular formula is C74H132O6. The quantitative estimate of drug-likeness (QED) is 0.0261. The van der Waals surface area contributed by atoms with Crippen molar-refractivity contribution in [1.82, 2.24) is 0 Å². The standard InChI is InChI=1S/C74H132O6/c1-4-7-10-13-16-19-22-25-28-30-32-34-35-36-37-38-39-41-42-44-46-49-52-55-58-61-64-67-73(76)79-70-71(69-78-72(75)66-63-60-57-54-51-48-27-24-21-18-15-12-9-6-3)80-74(77)68-65-62-59-56-53-50-47-45-43-40-33-31-29-26-23-20-17-14-11-8-5-2/h8,11,17,20,24,26-27,29-30,32-33,40,71H,4-7,9-10,12-16,18-19,21-23,25,28,31,34-39,41-70H2,1-3H3/b11-8-,20-17-,27-24-,29-26-,32-30-,40-33-. The minimum Gasteiger partial charge on any atom is -0.462 e. The summed E-state index contributed by atoms with van der Waals surface area (Å²) in [6.07, 6.45) is 89.3. The number of hydrogen-bond acceptors (Lipinski definition) is 6. The third kappa shape index (κ3) is 65.7. The molecule has 464 valence electrons. The molecule has 0 rings (SSSR count). The maximum Gasteiger partial charge on any atom is 0.306 e. The fraction of sp³-hybridized carbons (Fsp3) is 0.797. The Morgan fingerprint density at radius 3 is 0.775 bits per heavy atom. The third-order valence-corrected chi connectivity index (χ3v) is 15.4. The van der Waals surface area contributed by atoms with Crippen LogP contribution in [0.5, 0.6) is 0 Å². The van der Waals surface area contributed by atoms with E-state index in [0.29, 0.717) is 19.3 Å². The Kier molecular flexibility index (Phi) is 65.7. The largest absolute Gasteiger partial charge is 0.462 e. The van der Waals surface area contributed by atoms with Crippen LogP contribution in [-0.2, 0) is 28.6 Å². The minimum absolute atomic E-state index is 0.0786. The fourth-order valence-electron chi connectivity index (χ4n) is 10.2. The number of carbonyl (C=O) groups excluding carboxylic acids is 3. The van der Waals surface area contributed by atoms with Crippen LogP contribution in [-0.4, -0.2) is 37.2 Å². The summed E-state index contributed by atoms with van der Waals surface area (Å²) in [5.74, 6) is -0.877. The molecule has 0 aromatic heterocycles. The molecule has 0 heterocycles. The SMILES string of the molecule is CC/C=C\C/C=C\C/C=C\C/C=C\CCCCCCCCCCC(=O)OC(COC(=O)CCCCCCC/C=C\CCCCCCC)COC(=O)CCCCCCCCCCCCCCCCC/C=C\CCCCCCCCCC. The van der Waals surface area contributed by atoms with E-state index in [2.05, 4.69) is 93.7 Å². The van der Waals surface area contributed by atoms with Crippen LogP contribution in [0, 0.1) is 0 Å². The van der Waals surface area contributed by atoms with Gasteiger partial charge in [-0.05, 0) is 109 Å². The van der Waals surface area contributed by atoms with Gasteiger partial charge in [-0.3, -0.25) is 14.4 Å². The van der Waals surface area contributed by atoms with Crippen molar-refractivity contribution in [1.29, 1.82) is 0 Å². The molecule has 0 amide bonds. The van der Waals surface area contributed by atoms with Gasteiger partial charge in [0.15, 0.2) is 6.10 Å². The summed E-state index contributed by atoms with van der Waals surface area (Å²) in [5.41, 5.74) is 0. The molecular weight excluding hydrogens is 985 g/mol. The van der Waals surface area contributed by atoms with E-state index in [1.165, 1.54) is 225 Å². The minimum atomic E-state index is -0.784. The molecule has 0 aliphatic rings. The number of ether oxygens (including phenoxy) is 3. The summed E-state index contributed by atoms with van der Waals surface area (Å²) in [4.78, 5) is 38.4. The highest BCUT2D eigenvalue weighted by Crippen LogP contribution is 2.17. The third-order valence-electron chi connectivity index (χ3n) is 15.4. The first-order valence-electron chi connectivity index (χ1n) is 34.9. The van der Waals surface area contributed by atoms with Crippen molar-refractivity contribution in [3.63, 3.8) is 0 Å². The normalized spacial score (nSPS) is 12.5. The Bertz CT molecular complexity index is 1470. The van der Waals surface area contributed by atoms with E-state index in [1.807, 2.05) is 0 Å². The Morgan fingerprint density at radius 1 is 0.263 bits per heavy atom. The van der Waals surface area contributed by atoms with Gasteiger partial charge in [0, 0.05) is 19.3 Å². The van der Waals surface area contributed by atoms with Crippen LogP contribution in [0.1, 0.15) is 361 Å². The van der Waals surface area contributed by atoms with E-state index in [1.54, 1.807) is 0 Å². The summed E-state index contributed by atoms with van der Waals surface area (Å²) >= 11 is 0. The zero-order valence-corrected chi connectivity index (χ0v) is 53.3. The predicted octanol–water partition coefficient (Wildman–Crippen LogP) is 24.1. The first-order valence-corrected chi connectivity index (χ1v) is 34.9. The van der Waals surface area contributed by atoms with Crippen LogP contribution in [0.25, 0.3) is 0 Å². The van der Waals surface area contributed by atoms with E-state index >= 15 is 0 Å². The van der Waals surface area contributed by atoms with Gasteiger partial charge in [0.2, 0.25) is 0 Å². The summed E-state index contributed by atoms with van der Waals surface area (Å²) in [6, 6.07) is 0. The van der Waals surface area contributed by atoms with E-state index in [-0.39, 0.29) is 31.1 Å². The Balaban J connectivity index is 4.28. The number of unbranched alkanes of at least 4 members (excludes halogenated alkanes) is 41. The second-order valence-corrected chi connectivity index (χ2v) is 23.4. The van der Waals surface area contributed by atoms with Gasteiger partial charge in [0.05, 0.1) is 0 Å². The van der Waals surface area contributed by atoms with Gasteiger partial charge in [0.1, 0.15) is 13.2 Å². The maximum absolute atomic E-state index is 12.9. The molecule has 1 unspecified atom stereocenters. The van der Waals surface area contributed by atoms with Crippen molar-refractivity contribution in [2.75, 3.05) is 13.2 Å². The first-order chi connectivity index (χ1) is 39.5. The van der Waals surface area contributed by atoms with Crippen LogP contribution in [0.2, 0.25) is 0 Å². The lowest BCUT2D eigenvalue weighted by atomic mass is 10.0. The summed E-state index contributed by atoms with van der Waals surface area (Å²) in [5, 5.41) is 0. The number of rotatable bonds is 64. The Labute approximate surface area is 497 Å². The molecule has 0 saturated heterocycles. The van der Waals surface area contributed by atoms with Gasteiger partial charge in [-0.1, -0.05) is 306 Å². The van der Waals surface area contributed by atoms with Crippen LogP contribution in [0.4, 0.5) is 0 Å². The van der Waals surface area contributed by atoms with Crippen LogP contribution in [0.3, 0.4) is 0 Å². The van der Waals surface area contributed by atoms with E-state index in [0.717, 1.165) is 96.3 Å². The lowest BCUT2D eigenvalue weighted by molar-refractivity contribution is -0.167. The second kappa shape index (κ2) is 68.3. The molecule has 0 saturated carbocycles. The van der Waals surface area contributed by atoms with Crippen molar-refractivity contribution in [2.24, 2.45) is 0 Å². The van der Waals surface area contributed by atoms with Crippen LogP contribution < -0.4 is 0 Å². The zero-order chi connectivity index (χ0) is 57.8. The summed E-state index contributed by atoms with van der Waals surface area (Å²) in [7, 11) is 0. The van der Waals surface area contributed by atoms with Crippen LogP contribution >= 0.6 is 0 Å². The van der Waals surface area contributed by atoms with Gasteiger partial charge in [0.25, 0.3) is 0 Å².